The van der Waals surface area contributed by atoms with Gasteiger partial charge in [-0.2, -0.15) is 0 Å². The molecule has 5 nitrogen and oxygen atoms in total. The van der Waals surface area contributed by atoms with E-state index >= 15 is 0 Å². The molecule has 4 aliphatic carbocycles. The Kier molecular flexibility index (Phi) is 5.67. The number of allylic oxidation sites excluding steroid dienone is 1. The first-order valence-corrected chi connectivity index (χ1v) is 15.3. The fraction of sp³-hybridized carbons (Fsp3) is 0.625. The van der Waals surface area contributed by atoms with Crippen LogP contribution >= 0.6 is 11.3 Å². The Morgan fingerprint density at radius 1 is 1.05 bits per heavy atom. The minimum Gasteiger partial charge on any atom is -0.385 e. The topological polar surface area (TPSA) is 68.7 Å². The molecule has 0 amide bonds. The summed E-state index contributed by atoms with van der Waals surface area (Å²) in [6.07, 6.45) is 9.29. The Balaban J connectivity index is 1.31. The third-order valence-electron chi connectivity index (χ3n) is 10.7. The zero-order valence-corrected chi connectivity index (χ0v) is 23.6. The molecule has 1 aromatic carbocycles. The zero-order chi connectivity index (χ0) is 26.3. The standard InChI is InChI=1S/C32H39NO4S/c1-29(2)17-31(37-36-19-29)12-11-25-27-22(10-13-32(25,35)18-31)24-8-9-26(34)30(24,3)16-23(27)20-4-6-21(7-5-20)28-33-14-15-38-28/h4-7,14-15,22-24,35H,8-13,16-19H2,1-3H3/t22-,23+,24-,30-,31?,32+/m0/s1. The maximum atomic E-state index is 13.3. The van der Waals surface area contributed by atoms with Gasteiger partial charge < -0.3 is 5.11 Å². The molecule has 5 aliphatic rings. The van der Waals surface area contributed by atoms with Crippen LogP contribution in [0.4, 0.5) is 0 Å². The van der Waals surface area contributed by atoms with E-state index in [0.717, 1.165) is 55.5 Å². The number of rotatable bonds is 2. The van der Waals surface area contributed by atoms with Crippen molar-refractivity contribution in [1.82, 2.24) is 4.98 Å². The van der Waals surface area contributed by atoms with Crippen molar-refractivity contribution in [3.05, 3.63) is 52.6 Å². The van der Waals surface area contributed by atoms with Crippen LogP contribution in [-0.4, -0.2) is 33.7 Å². The van der Waals surface area contributed by atoms with E-state index in [-0.39, 0.29) is 16.7 Å². The molecule has 7 rings (SSSR count). The molecule has 38 heavy (non-hydrogen) atoms. The lowest BCUT2D eigenvalue weighted by atomic mass is 9.50. The number of aromatic nitrogens is 1. The van der Waals surface area contributed by atoms with Crippen LogP contribution in [0.2, 0.25) is 0 Å². The molecule has 1 spiro atoms. The van der Waals surface area contributed by atoms with Gasteiger partial charge in [-0.3, -0.25) is 4.79 Å². The maximum absolute atomic E-state index is 13.3. The number of ketones is 1. The van der Waals surface area contributed by atoms with Crippen molar-refractivity contribution >= 4 is 17.1 Å². The van der Waals surface area contributed by atoms with Crippen LogP contribution in [0, 0.1) is 22.7 Å². The number of hydrogen-bond acceptors (Lipinski definition) is 6. The summed E-state index contributed by atoms with van der Waals surface area (Å²) in [6.45, 7) is 7.29. The molecule has 3 saturated carbocycles. The van der Waals surface area contributed by atoms with Gasteiger partial charge >= 0.3 is 0 Å². The highest BCUT2D eigenvalue weighted by atomic mass is 32.1. The Labute approximate surface area is 229 Å². The lowest BCUT2D eigenvalue weighted by Gasteiger charge is -2.57. The summed E-state index contributed by atoms with van der Waals surface area (Å²) in [7, 11) is 0. The van der Waals surface area contributed by atoms with E-state index in [2.05, 4.69) is 50.0 Å². The van der Waals surface area contributed by atoms with E-state index in [4.69, 9.17) is 9.78 Å². The molecule has 1 unspecified atom stereocenters. The lowest BCUT2D eigenvalue weighted by Crippen LogP contribution is -2.56. The summed E-state index contributed by atoms with van der Waals surface area (Å²) in [4.78, 5) is 29.5. The SMILES string of the molecule is CC1(C)COOC2(CCC3=C4[C@@H](CC[C@@]3(O)C2)[C@@H]2CCC(=O)[C@@]2(C)C[C@@H]4c2ccc(-c3nccs3)cc2)C1. The second kappa shape index (κ2) is 8.57. The van der Waals surface area contributed by atoms with Crippen LogP contribution in [0.1, 0.15) is 90.0 Å². The fourth-order valence-corrected chi connectivity index (χ4v) is 9.82. The predicted molar refractivity (Wildman–Crippen MR) is 147 cm³/mol. The first-order valence-electron chi connectivity index (χ1n) is 14.4. The largest absolute Gasteiger partial charge is 0.385 e. The Bertz CT molecular complexity index is 1280. The van der Waals surface area contributed by atoms with Gasteiger partial charge in [0, 0.05) is 41.3 Å². The number of benzene rings is 1. The van der Waals surface area contributed by atoms with E-state index in [1.165, 1.54) is 16.7 Å². The average Bonchev–Trinajstić information content (AvgIpc) is 3.51. The summed E-state index contributed by atoms with van der Waals surface area (Å²) >= 11 is 1.65. The number of aliphatic hydroxyl groups is 1. The van der Waals surface area contributed by atoms with Crippen molar-refractivity contribution in [1.29, 1.82) is 0 Å². The van der Waals surface area contributed by atoms with Gasteiger partial charge in [0.05, 0.1) is 12.2 Å². The summed E-state index contributed by atoms with van der Waals surface area (Å²) in [5.74, 6) is 1.35. The van der Waals surface area contributed by atoms with Gasteiger partial charge in [0.1, 0.15) is 16.4 Å². The third-order valence-corrected chi connectivity index (χ3v) is 11.6. The Hall–Kier alpha value is -1.86. The van der Waals surface area contributed by atoms with E-state index < -0.39 is 11.2 Å². The van der Waals surface area contributed by atoms with E-state index in [0.29, 0.717) is 37.1 Å². The second-order valence-electron chi connectivity index (χ2n) is 13.9. The van der Waals surface area contributed by atoms with E-state index in [1.54, 1.807) is 11.3 Å². The van der Waals surface area contributed by atoms with E-state index in [9.17, 15) is 9.90 Å². The minimum absolute atomic E-state index is 0.0367. The number of nitrogens with zero attached hydrogens (tertiary/aromatic N) is 1. The summed E-state index contributed by atoms with van der Waals surface area (Å²) in [6, 6.07) is 8.85. The Morgan fingerprint density at radius 3 is 2.61 bits per heavy atom. The van der Waals surface area contributed by atoms with Crippen molar-refractivity contribution in [2.45, 2.75) is 95.7 Å². The first kappa shape index (κ1) is 25.1. The molecule has 1 aliphatic heterocycles. The number of Topliss-reactive ketones (excluding diaryl/α,β-unsaturated/α-hetero) is 1. The molecule has 202 valence electrons. The van der Waals surface area contributed by atoms with Gasteiger partial charge in [-0.1, -0.05) is 50.6 Å². The minimum atomic E-state index is -0.865. The summed E-state index contributed by atoms with van der Waals surface area (Å²) in [5, 5.41) is 15.4. The van der Waals surface area contributed by atoms with Crippen molar-refractivity contribution in [2.24, 2.45) is 22.7 Å². The molecule has 2 aromatic rings. The number of fused-ring (bicyclic) bond motifs is 4. The maximum Gasteiger partial charge on any atom is 0.139 e. The molecule has 1 aromatic heterocycles. The van der Waals surface area contributed by atoms with Crippen LogP contribution in [-0.2, 0) is 14.6 Å². The fourth-order valence-electron chi connectivity index (χ4n) is 9.18. The molecule has 0 bridgehead atoms. The monoisotopic (exact) mass is 533 g/mol. The zero-order valence-electron chi connectivity index (χ0n) is 22.8. The highest BCUT2D eigenvalue weighted by molar-refractivity contribution is 7.13. The smallest absolute Gasteiger partial charge is 0.139 e. The summed E-state index contributed by atoms with van der Waals surface area (Å²) in [5.41, 5.74) is 3.57. The van der Waals surface area contributed by atoms with Crippen molar-refractivity contribution < 1.29 is 19.7 Å². The van der Waals surface area contributed by atoms with E-state index in [1.807, 2.05) is 11.6 Å². The molecular weight excluding hydrogens is 494 g/mol. The quantitative estimate of drug-likeness (QED) is 0.332. The third kappa shape index (κ3) is 3.81. The lowest BCUT2D eigenvalue weighted by molar-refractivity contribution is -0.414. The van der Waals surface area contributed by atoms with Gasteiger partial charge in [-0.25, -0.2) is 14.8 Å². The molecule has 1 N–H and O–H groups in total. The second-order valence-corrected chi connectivity index (χ2v) is 14.8. The first-order chi connectivity index (χ1) is 18.1. The molecule has 4 fully saturated rings. The van der Waals surface area contributed by atoms with Gasteiger partial charge in [-0.15, -0.1) is 11.3 Å². The van der Waals surface area contributed by atoms with Gasteiger partial charge in [0.15, 0.2) is 0 Å². The molecule has 0 radical (unpaired) electrons. The van der Waals surface area contributed by atoms with Crippen LogP contribution < -0.4 is 0 Å². The van der Waals surface area contributed by atoms with Crippen LogP contribution in [0.5, 0.6) is 0 Å². The Morgan fingerprint density at radius 2 is 1.87 bits per heavy atom. The molecule has 6 heteroatoms. The molecule has 6 atom stereocenters. The van der Waals surface area contributed by atoms with Crippen LogP contribution in [0.25, 0.3) is 10.6 Å². The highest BCUT2D eigenvalue weighted by Gasteiger charge is 2.60. The van der Waals surface area contributed by atoms with Gasteiger partial charge in [0.2, 0.25) is 0 Å². The highest BCUT2D eigenvalue weighted by Crippen LogP contribution is 2.65. The average molecular weight is 534 g/mol. The van der Waals surface area contributed by atoms with Crippen molar-refractivity contribution in [2.75, 3.05) is 6.61 Å². The number of hydrogen-bond donors (Lipinski definition) is 1. The number of carbonyl (C=O) groups is 1. The molecule has 1 saturated heterocycles. The normalized spacial score (nSPS) is 40.1. The molecular formula is C32H39NO4S. The summed E-state index contributed by atoms with van der Waals surface area (Å²) < 4.78 is 0. The van der Waals surface area contributed by atoms with Crippen LogP contribution in [0.3, 0.4) is 0 Å². The molecule has 2 heterocycles. The number of carbonyl (C=O) groups excluding carboxylic acids is 1. The van der Waals surface area contributed by atoms with Gasteiger partial charge in [0.25, 0.3) is 0 Å². The number of thiazole rings is 1. The van der Waals surface area contributed by atoms with Crippen molar-refractivity contribution in [3.63, 3.8) is 0 Å². The predicted octanol–water partition coefficient (Wildman–Crippen LogP) is 7.02. The van der Waals surface area contributed by atoms with Gasteiger partial charge in [-0.05, 0) is 73.3 Å². The van der Waals surface area contributed by atoms with Crippen LogP contribution in [0.15, 0.2) is 47.0 Å². The van der Waals surface area contributed by atoms with Crippen molar-refractivity contribution in [3.8, 4) is 10.6 Å².